The van der Waals surface area contributed by atoms with Gasteiger partial charge in [-0.1, -0.05) is 76.8 Å². The van der Waals surface area contributed by atoms with Gasteiger partial charge >= 0.3 is 0 Å². The smallest absolute Gasteiger partial charge is 0.267 e. The van der Waals surface area contributed by atoms with Crippen LogP contribution in [0.4, 0.5) is 0 Å². The Morgan fingerprint density at radius 1 is 1.23 bits per heavy atom. The summed E-state index contributed by atoms with van der Waals surface area (Å²) in [6.07, 6.45) is 8.12. The summed E-state index contributed by atoms with van der Waals surface area (Å²) in [7, 11) is 1.62. The molecule has 1 heterocycles. The SMILES string of the molecule is C=C/C=C(\C=C/C)N1N=C(C(=O)NC)CC1c1ccccc1.CC.CC. The number of hydrogen-bond acceptors (Lipinski definition) is 3. The van der Waals surface area contributed by atoms with Crippen LogP contribution >= 0.6 is 0 Å². The van der Waals surface area contributed by atoms with E-state index in [9.17, 15) is 4.79 Å². The van der Waals surface area contributed by atoms with E-state index in [1.54, 1.807) is 13.1 Å². The van der Waals surface area contributed by atoms with Crippen molar-refractivity contribution < 1.29 is 4.79 Å². The van der Waals surface area contributed by atoms with Crippen LogP contribution in [0, 0.1) is 0 Å². The second-order valence-electron chi connectivity index (χ2n) is 4.93. The van der Waals surface area contributed by atoms with Crippen LogP contribution in [-0.4, -0.2) is 23.7 Å². The average Bonchev–Trinajstić information content (AvgIpc) is 3.16. The van der Waals surface area contributed by atoms with Crippen molar-refractivity contribution in [2.45, 2.75) is 47.1 Å². The molecule has 142 valence electrons. The zero-order chi connectivity index (χ0) is 19.9. The molecule has 1 aromatic rings. The van der Waals surface area contributed by atoms with Gasteiger partial charge in [-0.25, -0.2) is 0 Å². The largest absolute Gasteiger partial charge is 0.354 e. The van der Waals surface area contributed by atoms with Crippen molar-refractivity contribution in [2.24, 2.45) is 5.10 Å². The predicted molar refractivity (Wildman–Crippen MR) is 113 cm³/mol. The molecular weight excluding hydrogens is 322 g/mol. The number of nitrogens with one attached hydrogen (secondary N) is 1. The molecule has 0 aromatic heterocycles. The van der Waals surface area contributed by atoms with Crippen molar-refractivity contribution in [2.75, 3.05) is 7.05 Å². The standard InChI is InChI=1S/C18H21N3O.2C2H6/c1-4-9-15(10-5-2)21-17(14-11-7-6-8-12-14)13-16(20-21)18(22)19-3;2*1-2/h4-12,17H,1,13H2,2-3H3,(H,19,22);2*1-2H3/b10-5-,15-9+;;. The highest BCUT2D eigenvalue weighted by Crippen LogP contribution is 2.34. The Morgan fingerprint density at radius 3 is 2.35 bits per heavy atom. The van der Waals surface area contributed by atoms with Gasteiger partial charge in [0.25, 0.3) is 5.91 Å². The lowest BCUT2D eigenvalue weighted by Gasteiger charge is -2.24. The summed E-state index contributed by atoms with van der Waals surface area (Å²) in [4.78, 5) is 11.9. The van der Waals surface area contributed by atoms with E-state index in [-0.39, 0.29) is 11.9 Å². The summed E-state index contributed by atoms with van der Waals surface area (Å²) < 4.78 is 0. The quantitative estimate of drug-likeness (QED) is 0.735. The van der Waals surface area contributed by atoms with E-state index in [4.69, 9.17) is 0 Å². The van der Waals surface area contributed by atoms with Crippen LogP contribution < -0.4 is 5.32 Å². The van der Waals surface area contributed by atoms with Gasteiger partial charge in [0.1, 0.15) is 5.71 Å². The summed E-state index contributed by atoms with van der Waals surface area (Å²) in [5, 5.41) is 9.06. The lowest BCUT2D eigenvalue weighted by atomic mass is 10.0. The Labute approximate surface area is 159 Å². The molecule has 4 nitrogen and oxygen atoms in total. The topological polar surface area (TPSA) is 44.7 Å². The van der Waals surface area contributed by atoms with E-state index in [0.29, 0.717) is 12.1 Å². The first-order valence-electron chi connectivity index (χ1n) is 9.30. The maximum Gasteiger partial charge on any atom is 0.267 e. The maximum atomic E-state index is 11.9. The normalized spacial score (nSPS) is 16.1. The van der Waals surface area contributed by atoms with Gasteiger partial charge in [0, 0.05) is 13.5 Å². The van der Waals surface area contributed by atoms with E-state index in [1.165, 1.54) is 0 Å². The highest BCUT2D eigenvalue weighted by atomic mass is 16.1. The van der Waals surface area contributed by atoms with Crippen LogP contribution in [0.1, 0.15) is 52.6 Å². The number of carbonyl (C=O) groups excluding carboxylic acids is 1. The van der Waals surface area contributed by atoms with Crippen LogP contribution in [0.25, 0.3) is 0 Å². The van der Waals surface area contributed by atoms with Gasteiger partial charge in [-0.05, 0) is 24.6 Å². The highest BCUT2D eigenvalue weighted by Gasteiger charge is 2.32. The molecule has 0 fully saturated rings. The average molecular weight is 356 g/mol. The number of nitrogens with zero attached hydrogens (tertiary/aromatic N) is 2. The number of allylic oxidation sites excluding steroid dienone is 4. The third-order valence-corrected chi connectivity index (χ3v) is 3.47. The molecule has 1 N–H and O–H groups in total. The fraction of sp³-hybridized carbons (Fsp3) is 0.364. The number of amides is 1. The van der Waals surface area contributed by atoms with Crippen LogP contribution in [0.2, 0.25) is 0 Å². The molecule has 1 amide bonds. The van der Waals surface area contributed by atoms with Gasteiger partial charge in [0.15, 0.2) is 0 Å². The number of hydrogen-bond donors (Lipinski definition) is 1. The lowest BCUT2D eigenvalue weighted by Crippen LogP contribution is -2.26. The summed E-state index contributed by atoms with van der Waals surface area (Å²) in [5.74, 6) is -0.137. The zero-order valence-corrected chi connectivity index (χ0v) is 17.0. The molecule has 0 aliphatic carbocycles. The van der Waals surface area contributed by atoms with Crippen molar-refractivity contribution in [3.05, 3.63) is 72.5 Å². The molecule has 1 aliphatic rings. The highest BCUT2D eigenvalue weighted by molar-refractivity contribution is 6.39. The van der Waals surface area contributed by atoms with Gasteiger partial charge in [-0.3, -0.25) is 9.80 Å². The Kier molecular flexibility index (Phi) is 12.3. The van der Waals surface area contributed by atoms with Crippen LogP contribution in [0.3, 0.4) is 0 Å². The molecule has 4 heteroatoms. The first kappa shape index (κ1) is 23.4. The number of carbonyl (C=O) groups is 1. The zero-order valence-electron chi connectivity index (χ0n) is 17.0. The Balaban J connectivity index is 0.00000146. The molecule has 1 aromatic carbocycles. The molecule has 1 atom stereocenters. The summed E-state index contributed by atoms with van der Waals surface area (Å²) in [6.45, 7) is 13.7. The van der Waals surface area contributed by atoms with Crippen molar-refractivity contribution >= 4 is 11.6 Å². The molecule has 2 rings (SSSR count). The van der Waals surface area contributed by atoms with E-state index >= 15 is 0 Å². The number of rotatable bonds is 5. The van der Waals surface area contributed by atoms with Gasteiger partial charge in [0.2, 0.25) is 0 Å². The minimum Gasteiger partial charge on any atom is -0.354 e. The Hall–Kier alpha value is -2.62. The molecule has 1 unspecified atom stereocenters. The third kappa shape index (κ3) is 6.36. The minimum atomic E-state index is -0.137. The molecule has 0 bridgehead atoms. The predicted octanol–water partition coefficient (Wildman–Crippen LogP) is 5.23. The van der Waals surface area contributed by atoms with Crippen molar-refractivity contribution in [3.63, 3.8) is 0 Å². The molecule has 26 heavy (non-hydrogen) atoms. The summed E-state index contributed by atoms with van der Waals surface area (Å²) >= 11 is 0. The summed E-state index contributed by atoms with van der Waals surface area (Å²) in [6, 6.07) is 10.1. The second kappa shape index (κ2) is 13.6. The van der Waals surface area contributed by atoms with E-state index in [2.05, 4.69) is 29.1 Å². The van der Waals surface area contributed by atoms with Gasteiger partial charge in [-0.15, -0.1) is 0 Å². The second-order valence-corrected chi connectivity index (χ2v) is 4.93. The number of hydrazone groups is 1. The number of benzene rings is 1. The van der Waals surface area contributed by atoms with E-state index in [1.807, 2.05) is 76.1 Å². The lowest BCUT2D eigenvalue weighted by molar-refractivity contribution is -0.114. The first-order valence-corrected chi connectivity index (χ1v) is 9.30. The molecular formula is C22H33N3O. The van der Waals surface area contributed by atoms with Crippen molar-refractivity contribution in [1.29, 1.82) is 0 Å². The molecule has 1 aliphatic heterocycles. The van der Waals surface area contributed by atoms with Crippen LogP contribution in [-0.2, 0) is 4.79 Å². The third-order valence-electron chi connectivity index (χ3n) is 3.47. The molecule has 0 saturated heterocycles. The van der Waals surface area contributed by atoms with Gasteiger partial charge < -0.3 is 5.32 Å². The van der Waals surface area contributed by atoms with Gasteiger partial charge in [0.05, 0.1) is 11.7 Å². The molecule has 0 saturated carbocycles. The van der Waals surface area contributed by atoms with Crippen molar-refractivity contribution in [3.8, 4) is 0 Å². The van der Waals surface area contributed by atoms with E-state index < -0.39 is 0 Å². The van der Waals surface area contributed by atoms with Crippen molar-refractivity contribution in [1.82, 2.24) is 10.3 Å². The Bertz CT molecular complexity index is 630. The minimum absolute atomic E-state index is 0.0101. The van der Waals surface area contributed by atoms with E-state index in [0.717, 1.165) is 11.3 Å². The maximum absolute atomic E-state index is 11.9. The molecule has 0 radical (unpaired) electrons. The fourth-order valence-electron chi connectivity index (χ4n) is 2.46. The first-order chi connectivity index (χ1) is 12.7. The van der Waals surface area contributed by atoms with Crippen LogP contribution in [0.5, 0.6) is 0 Å². The fourth-order valence-corrected chi connectivity index (χ4v) is 2.46. The summed E-state index contributed by atoms with van der Waals surface area (Å²) in [5.41, 5.74) is 2.57. The monoisotopic (exact) mass is 355 g/mol. The Morgan fingerprint density at radius 2 is 1.85 bits per heavy atom. The van der Waals surface area contributed by atoms with Gasteiger partial charge in [-0.2, -0.15) is 5.10 Å². The molecule has 0 spiro atoms. The van der Waals surface area contributed by atoms with Crippen LogP contribution in [0.15, 0.2) is 72.0 Å².